The van der Waals surface area contributed by atoms with E-state index in [1.807, 2.05) is 25.3 Å². The predicted octanol–water partition coefficient (Wildman–Crippen LogP) is 3.60. The Kier molecular flexibility index (Phi) is 5.40. The number of carboxylic acid groups (broad SMARTS) is 1. The third-order valence-electron chi connectivity index (χ3n) is 4.35. The summed E-state index contributed by atoms with van der Waals surface area (Å²) >= 11 is 7.42. The summed E-state index contributed by atoms with van der Waals surface area (Å²) in [6, 6.07) is 7.19. The van der Waals surface area contributed by atoms with E-state index in [2.05, 4.69) is 0 Å². The number of hydrogen-bond acceptors (Lipinski definition) is 3. The van der Waals surface area contributed by atoms with Gasteiger partial charge in [0.25, 0.3) is 0 Å². The van der Waals surface area contributed by atoms with Gasteiger partial charge in [0, 0.05) is 11.6 Å². The molecule has 1 aromatic carbocycles. The van der Waals surface area contributed by atoms with Gasteiger partial charge >= 0.3 is 5.97 Å². The number of halogens is 1. The van der Waals surface area contributed by atoms with Crippen LogP contribution >= 0.6 is 23.4 Å². The molecular formula is C16H20ClNO3S. The minimum Gasteiger partial charge on any atom is -0.479 e. The highest BCUT2D eigenvalue weighted by Gasteiger charge is 2.49. The Labute approximate surface area is 139 Å². The van der Waals surface area contributed by atoms with Crippen LogP contribution in [0.4, 0.5) is 0 Å². The molecule has 1 aromatic rings. The topological polar surface area (TPSA) is 57.6 Å². The van der Waals surface area contributed by atoms with E-state index in [-0.39, 0.29) is 5.91 Å². The van der Waals surface area contributed by atoms with Crippen molar-refractivity contribution in [1.82, 2.24) is 4.90 Å². The van der Waals surface area contributed by atoms with Gasteiger partial charge in [0.15, 0.2) is 0 Å². The standard InChI is InChI=1S/C16H20ClNO3S/c1-3-16(15(20)21)8-5-9-18(16)14(19)13(22-2)11-6-4-7-12(17)10-11/h4,6-7,10,13H,3,5,8-9H2,1-2H3,(H,20,21). The molecule has 1 saturated heterocycles. The number of carboxylic acids is 1. The molecule has 0 aromatic heterocycles. The Bertz CT molecular complexity index is 580. The normalized spacial score (nSPS) is 22.6. The molecule has 0 bridgehead atoms. The van der Waals surface area contributed by atoms with Gasteiger partial charge in [-0.3, -0.25) is 4.79 Å². The molecule has 2 unspecified atom stereocenters. The van der Waals surface area contributed by atoms with Crippen LogP contribution in [0.2, 0.25) is 5.02 Å². The SMILES string of the molecule is CCC1(C(=O)O)CCCN1C(=O)C(SC)c1cccc(Cl)c1. The van der Waals surface area contributed by atoms with Gasteiger partial charge in [0.1, 0.15) is 10.8 Å². The van der Waals surface area contributed by atoms with Gasteiger partial charge in [0.05, 0.1) is 0 Å². The lowest BCUT2D eigenvalue weighted by Gasteiger charge is -2.36. The molecule has 2 rings (SSSR count). The molecule has 120 valence electrons. The van der Waals surface area contributed by atoms with Crippen molar-refractivity contribution in [2.24, 2.45) is 0 Å². The molecular weight excluding hydrogens is 322 g/mol. The average molecular weight is 342 g/mol. The fraction of sp³-hybridized carbons (Fsp3) is 0.500. The van der Waals surface area contributed by atoms with Crippen LogP contribution < -0.4 is 0 Å². The molecule has 0 radical (unpaired) electrons. The maximum atomic E-state index is 13.0. The van der Waals surface area contributed by atoms with Gasteiger partial charge in [-0.2, -0.15) is 0 Å². The van der Waals surface area contributed by atoms with Crippen molar-refractivity contribution in [3.8, 4) is 0 Å². The highest BCUT2D eigenvalue weighted by molar-refractivity contribution is 7.99. The number of aliphatic carboxylic acids is 1. The van der Waals surface area contributed by atoms with Crippen LogP contribution in [0.25, 0.3) is 0 Å². The maximum absolute atomic E-state index is 13.0. The number of thioether (sulfide) groups is 1. The van der Waals surface area contributed by atoms with Gasteiger partial charge in [-0.25, -0.2) is 4.79 Å². The van der Waals surface area contributed by atoms with Crippen molar-refractivity contribution in [3.63, 3.8) is 0 Å². The highest BCUT2D eigenvalue weighted by Crippen LogP contribution is 2.38. The Morgan fingerprint density at radius 2 is 2.23 bits per heavy atom. The quantitative estimate of drug-likeness (QED) is 0.889. The van der Waals surface area contributed by atoms with E-state index in [9.17, 15) is 14.7 Å². The van der Waals surface area contributed by atoms with Crippen LogP contribution in [0.1, 0.15) is 37.0 Å². The number of benzene rings is 1. The zero-order valence-corrected chi connectivity index (χ0v) is 14.3. The second kappa shape index (κ2) is 6.92. The van der Waals surface area contributed by atoms with Crippen LogP contribution in [-0.4, -0.2) is 40.2 Å². The molecule has 1 fully saturated rings. The summed E-state index contributed by atoms with van der Waals surface area (Å²) in [5, 5.41) is 9.78. The van der Waals surface area contributed by atoms with Crippen molar-refractivity contribution in [1.29, 1.82) is 0 Å². The lowest BCUT2D eigenvalue weighted by Crippen LogP contribution is -2.53. The molecule has 4 nitrogen and oxygen atoms in total. The lowest BCUT2D eigenvalue weighted by atomic mass is 9.92. The van der Waals surface area contributed by atoms with E-state index in [0.717, 1.165) is 12.0 Å². The Morgan fingerprint density at radius 1 is 1.50 bits per heavy atom. The molecule has 2 atom stereocenters. The Hall–Kier alpha value is -1.20. The molecule has 0 spiro atoms. The Balaban J connectivity index is 2.34. The summed E-state index contributed by atoms with van der Waals surface area (Å²) in [4.78, 5) is 26.3. The first-order chi connectivity index (χ1) is 10.5. The van der Waals surface area contributed by atoms with Gasteiger partial charge in [-0.15, -0.1) is 11.8 Å². The van der Waals surface area contributed by atoms with Gasteiger partial charge in [-0.05, 0) is 43.2 Å². The smallest absolute Gasteiger partial charge is 0.329 e. The number of likely N-dealkylation sites (tertiary alicyclic amines) is 1. The van der Waals surface area contributed by atoms with E-state index in [1.165, 1.54) is 11.8 Å². The second-order valence-corrected chi connectivity index (χ2v) is 6.83. The molecule has 22 heavy (non-hydrogen) atoms. The van der Waals surface area contributed by atoms with Crippen molar-refractivity contribution < 1.29 is 14.7 Å². The maximum Gasteiger partial charge on any atom is 0.329 e. The first-order valence-electron chi connectivity index (χ1n) is 7.29. The third kappa shape index (κ3) is 2.97. The van der Waals surface area contributed by atoms with Crippen LogP contribution in [0.15, 0.2) is 24.3 Å². The number of rotatable bonds is 5. The molecule has 0 saturated carbocycles. The van der Waals surface area contributed by atoms with E-state index < -0.39 is 16.8 Å². The summed E-state index contributed by atoms with van der Waals surface area (Å²) in [6.45, 7) is 2.32. The highest BCUT2D eigenvalue weighted by atomic mass is 35.5. The fourth-order valence-electron chi connectivity index (χ4n) is 3.13. The molecule has 6 heteroatoms. The number of amides is 1. The first-order valence-corrected chi connectivity index (χ1v) is 8.96. The first kappa shape index (κ1) is 17.2. The number of nitrogens with zero attached hydrogens (tertiary/aromatic N) is 1. The predicted molar refractivity (Wildman–Crippen MR) is 89.3 cm³/mol. The van der Waals surface area contributed by atoms with E-state index in [0.29, 0.717) is 24.4 Å². The van der Waals surface area contributed by atoms with Crippen LogP contribution in [0.3, 0.4) is 0 Å². The number of carbonyl (C=O) groups is 2. The number of hydrogen-bond donors (Lipinski definition) is 1. The molecule has 1 heterocycles. The molecule has 1 aliphatic heterocycles. The average Bonchev–Trinajstić information content (AvgIpc) is 2.93. The zero-order valence-electron chi connectivity index (χ0n) is 12.7. The lowest BCUT2D eigenvalue weighted by molar-refractivity contribution is -0.156. The van der Waals surface area contributed by atoms with E-state index in [1.54, 1.807) is 17.0 Å². The van der Waals surface area contributed by atoms with Crippen molar-refractivity contribution in [3.05, 3.63) is 34.9 Å². The van der Waals surface area contributed by atoms with Crippen LogP contribution in [0, 0.1) is 0 Å². The summed E-state index contributed by atoms with van der Waals surface area (Å²) in [7, 11) is 0. The largest absolute Gasteiger partial charge is 0.479 e. The van der Waals surface area contributed by atoms with Gasteiger partial charge in [0.2, 0.25) is 5.91 Å². The van der Waals surface area contributed by atoms with Crippen molar-refractivity contribution >= 4 is 35.2 Å². The van der Waals surface area contributed by atoms with E-state index >= 15 is 0 Å². The summed E-state index contributed by atoms with van der Waals surface area (Å²) in [5.41, 5.74) is -0.254. The number of carbonyl (C=O) groups excluding carboxylic acids is 1. The van der Waals surface area contributed by atoms with E-state index in [4.69, 9.17) is 11.6 Å². The Morgan fingerprint density at radius 3 is 2.77 bits per heavy atom. The monoisotopic (exact) mass is 341 g/mol. The van der Waals surface area contributed by atoms with Gasteiger partial charge < -0.3 is 10.0 Å². The van der Waals surface area contributed by atoms with Gasteiger partial charge in [-0.1, -0.05) is 30.7 Å². The summed E-state index contributed by atoms with van der Waals surface area (Å²) in [6.07, 6.45) is 3.52. The van der Waals surface area contributed by atoms with Crippen LogP contribution in [0.5, 0.6) is 0 Å². The summed E-state index contributed by atoms with van der Waals surface area (Å²) < 4.78 is 0. The molecule has 1 amide bonds. The third-order valence-corrected chi connectivity index (χ3v) is 5.53. The second-order valence-electron chi connectivity index (χ2n) is 5.45. The minimum atomic E-state index is -1.07. The van der Waals surface area contributed by atoms with Crippen molar-refractivity contribution in [2.45, 2.75) is 37.0 Å². The molecule has 1 N–H and O–H groups in total. The zero-order chi connectivity index (χ0) is 16.3. The minimum absolute atomic E-state index is 0.142. The van der Waals surface area contributed by atoms with Crippen LogP contribution in [-0.2, 0) is 9.59 Å². The summed E-state index contributed by atoms with van der Waals surface area (Å²) in [5.74, 6) is -1.05. The molecule has 1 aliphatic rings. The fourth-order valence-corrected chi connectivity index (χ4v) is 4.08. The molecule has 0 aliphatic carbocycles. The van der Waals surface area contributed by atoms with Crippen molar-refractivity contribution in [2.75, 3.05) is 12.8 Å².